The third kappa shape index (κ3) is 64.6. The molecule has 0 aromatic heterocycles. The van der Waals surface area contributed by atoms with E-state index in [1.54, 1.807) is 0 Å². The molecule has 456 valence electrons. The Morgan fingerprint density at radius 2 is 0.487 bits per heavy atom. The summed E-state index contributed by atoms with van der Waals surface area (Å²) in [5.41, 5.74) is 0. The van der Waals surface area contributed by atoms with E-state index in [0.717, 1.165) is 135 Å². The topological polar surface area (TPSA) is 78.9 Å². The molecule has 0 heterocycles. The molecule has 0 fully saturated rings. The van der Waals surface area contributed by atoms with E-state index in [4.69, 9.17) is 14.2 Å². The quantitative estimate of drug-likeness (QED) is 0.0261. The molecule has 0 rings (SSSR count). The molecule has 0 spiro atoms. The third-order valence-corrected chi connectivity index (χ3v) is 14.2. The molecule has 6 heteroatoms. The Morgan fingerprint density at radius 1 is 0.263 bits per heavy atom. The van der Waals surface area contributed by atoms with E-state index in [1.165, 1.54) is 135 Å². The first kappa shape index (κ1) is 75.8. The average Bonchev–Trinajstić information content (AvgIpc) is 3.46. The van der Waals surface area contributed by atoms with Gasteiger partial charge in [0.1, 0.15) is 13.2 Å². The number of carbonyl (C=O) groups is 3. The molecular weight excluding hydrogens is 985 g/mol. The number of allylic oxidation sites excluding steroid dienone is 20. The summed E-state index contributed by atoms with van der Waals surface area (Å²) in [6, 6.07) is 0. The lowest BCUT2D eigenvalue weighted by atomic mass is 10.1. The molecule has 0 aromatic rings. The van der Waals surface area contributed by atoms with Crippen LogP contribution in [0.25, 0.3) is 0 Å². The molecule has 0 radical (unpaired) electrons. The van der Waals surface area contributed by atoms with Crippen molar-refractivity contribution >= 4 is 17.9 Å². The maximum Gasteiger partial charge on any atom is 0.306 e. The highest BCUT2D eigenvalue weighted by atomic mass is 16.6. The minimum absolute atomic E-state index is 0.0882. The van der Waals surface area contributed by atoms with Crippen LogP contribution >= 0.6 is 0 Å². The van der Waals surface area contributed by atoms with Gasteiger partial charge in [-0.15, -0.1) is 0 Å². The summed E-state index contributed by atoms with van der Waals surface area (Å²) in [6.45, 7) is 6.51. The van der Waals surface area contributed by atoms with Gasteiger partial charge in [-0.1, -0.05) is 277 Å². The van der Waals surface area contributed by atoms with E-state index in [1.807, 2.05) is 0 Å². The smallest absolute Gasteiger partial charge is 0.306 e. The van der Waals surface area contributed by atoms with Gasteiger partial charge in [0.05, 0.1) is 0 Å². The van der Waals surface area contributed by atoms with Crippen LogP contribution in [-0.4, -0.2) is 37.2 Å². The van der Waals surface area contributed by atoms with Crippen molar-refractivity contribution < 1.29 is 28.6 Å². The number of esters is 3. The lowest BCUT2D eigenvalue weighted by Gasteiger charge is -2.18. The molecule has 0 saturated carbocycles. The number of hydrogen-bond donors (Lipinski definition) is 0. The van der Waals surface area contributed by atoms with Crippen LogP contribution in [0.5, 0.6) is 0 Å². The van der Waals surface area contributed by atoms with Crippen LogP contribution in [0.1, 0.15) is 310 Å². The highest BCUT2D eigenvalue weighted by Crippen LogP contribution is 2.15. The van der Waals surface area contributed by atoms with E-state index < -0.39 is 6.10 Å². The van der Waals surface area contributed by atoms with Crippen molar-refractivity contribution in [2.75, 3.05) is 13.2 Å². The standard InChI is InChI=1S/C74H124O6/c1-4-7-10-13-16-19-22-25-28-29-30-31-32-33-34-35-36-37-38-39-40-41-42-43-44-45-47-49-52-55-58-61-64-67-73(76)79-70-71(69-78-72(75)66-63-60-57-54-51-48-27-24-21-18-15-12-9-6-3)80-74(77)68-65-62-59-56-53-50-46-26-23-20-17-14-11-8-5-2/h7,10,16,19,24-28,30-31,33-34,36-37,39-40,42-43,46,71H,4-6,8-9,11-15,17-18,20-23,29,32,35,38,41,44-45,47-70H2,1-3H3/b10-7-,19-16-,27-24-,28-25-,31-30-,34-33-,37-36-,40-39-,43-42-,46-26-. The maximum absolute atomic E-state index is 12.9. The molecule has 0 aliphatic rings. The van der Waals surface area contributed by atoms with Crippen LogP contribution in [0.4, 0.5) is 0 Å². The Kier molecular flexibility index (Phi) is 63.8. The summed E-state index contributed by atoms with van der Waals surface area (Å²) in [7, 11) is 0. The highest BCUT2D eigenvalue weighted by Gasteiger charge is 2.19. The number of carbonyl (C=O) groups excluding carboxylic acids is 3. The van der Waals surface area contributed by atoms with Gasteiger partial charge in [0.2, 0.25) is 0 Å². The summed E-state index contributed by atoms with van der Waals surface area (Å²) in [4.78, 5) is 38.3. The molecule has 0 saturated heterocycles. The van der Waals surface area contributed by atoms with E-state index in [-0.39, 0.29) is 31.1 Å². The van der Waals surface area contributed by atoms with Crippen molar-refractivity contribution in [3.8, 4) is 0 Å². The monoisotopic (exact) mass is 1110 g/mol. The van der Waals surface area contributed by atoms with Gasteiger partial charge in [0, 0.05) is 19.3 Å². The molecule has 6 nitrogen and oxygen atoms in total. The van der Waals surface area contributed by atoms with Crippen LogP contribution in [0, 0.1) is 0 Å². The minimum atomic E-state index is -0.792. The van der Waals surface area contributed by atoms with Crippen LogP contribution in [0.3, 0.4) is 0 Å². The summed E-state index contributed by atoms with van der Waals surface area (Å²) in [5.74, 6) is -0.906. The number of unbranched alkanes of at least 4 members (excludes halogenated alkanes) is 29. The molecule has 1 atom stereocenters. The molecule has 0 aliphatic carbocycles. The number of rotatable bonds is 60. The lowest BCUT2D eigenvalue weighted by Crippen LogP contribution is -2.30. The molecule has 80 heavy (non-hydrogen) atoms. The van der Waals surface area contributed by atoms with E-state index in [9.17, 15) is 14.4 Å². The van der Waals surface area contributed by atoms with Gasteiger partial charge in [-0.2, -0.15) is 0 Å². The van der Waals surface area contributed by atoms with Gasteiger partial charge in [-0.3, -0.25) is 14.4 Å². The second kappa shape index (κ2) is 67.3. The zero-order valence-electron chi connectivity index (χ0n) is 52.3. The molecular formula is C74H124O6. The Balaban J connectivity index is 4.29. The summed E-state index contributed by atoms with van der Waals surface area (Å²) in [5, 5.41) is 0. The van der Waals surface area contributed by atoms with Crippen LogP contribution in [-0.2, 0) is 28.6 Å². The third-order valence-electron chi connectivity index (χ3n) is 14.2. The first-order valence-electron chi connectivity index (χ1n) is 33.5. The SMILES string of the molecule is CC/C=C\C/C=C\C/C=C\C/C=C\C/C=C\C/C=C\C/C=C\C/C=C\CCCCCCCCCCC(=O)OCC(COC(=O)CCCCCCC/C=C\CCCCCCC)OC(=O)CCCCCCC/C=C\CCCCCCCC. The van der Waals surface area contributed by atoms with Gasteiger partial charge in [0.25, 0.3) is 0 Å². The first-order valence-corrected chi connectivity index (χ1v) is 33.5. The largest absolute Gasteiger partial charge is 0.462 e. The highest BCUT2D eigenvalue weighted by molar-refractivity contribution is 5.71. The maximum atomic E-state index is 12.9. The van der Waals surface area contributed by atoms with Crippen LogP contribution < -0.4 is 0 Å². The van der Waals surface area contributed by atoms with Gasteiger partial charge >= 0.3 is 17.9 Å². The fourth-order valence-electron chi connectivity index (χ4n) is 9.15. The number of ether oxygens (including phenoxy) is 3. The van der Waals surface area contributed by atoms with Crippen LogP contribution in [0.15, 0.2) is 122 Å². The van der Waals surface area contributed by atoms with E-state index in [2.05, 4.69) is 142 Å². The van der Waals surface area contributed by atoms with Crippen molar-refractivity contribution in [1.29, 1.82) is 0 Å². The molecule has 0 bridgehead atoms. The van der Waals surface area contributed by atoms with Gasteiger partial charge in [0.15, 0.2) is 6.10 Å². The van der Waals surface area contributed by atoms with Crippen LogP contribution in [0.2, 0.25) is 0 Å². The van der Waals surface area contributed by atoms with Gasteiger partial charge < -0.3 is 14.2 Å². The second-order valence-corrected chi connectivity index (χ2v) is 22.0. The van der Waals surface area contributed by atoms with Crippen molar-refractivity contribution in [2.45, 2.75) is 316 Å². The Hall–Kier alpha value is -4.19. The van der Waals surface area contributed by atoms with Gasteiger partial charge in [-0.05, 0) is 135 Å². The molecule has 0 aliphatic heterocycles. The fourth-order valence-corrected chi connectivity index (χ4v) is 9.15. The molecule has 0 aromatic carbocycles. The predicted molar refractivity (Wildman–Crippen MR) is 348 cm³/mol. The van der Waals surface area contributed by atoms with E-state index in [0.29, 0.717) is 19.3 Å². The van der Waals surface area contributed by atoms with Crippen molar-refractivity contribution in [2.24, 2.45) is 0 Å². The second-order valence-electron chi connectivity index (χ2n) is 22.0. The summed E-state index contributed by atoms with van der Waals surface area (Å²) in [6.07, 6.45) is 93.5. The molecule has 0 amide bonds. The Labute approximate surface area is 494 Å². The minimum Gasteiger partial charge on any atom is -0.462 e. The predicted octanol–water partition coefficient (Wildman–Crippen LogP) is 23.2. The Morgan fingerprint density at radius 3 is 0.775 bits per heavy atom. The van der Waals surface area contributed by atoms with E-state index >= 15 is 0 Å². The fraction of sp³-hybridized carbons (Fsp3) is 0.689. The summed E-state index contributed by atoms with van der Waals surface area (Å²) < 4.78 is 16.9. The molecule has 1 unspecified atom stereocenters. The zero-order valence-corrected chi connectivity index (χ0v) is 52.3. The lowest BCUT2D eigenvalue weighted by molar-refractivity contribution is -0.167. The van der Waals surface area contributed by atoms with Crippen molar-refractivity contribution in [1.82, 2.24) is 0 Å². The number of hydrogen-bond acceptors (Lipinski definition) is 6. The van der Waals surface area contributed by atoms with Crippen molar-refractivity contribution in [3.05, 3.63) is 122 Å². The zero-order chi connectivity index (χ0) is 57.8. The molecule has 0 N–H and O–H groups in total. The Bertz CT molecular complexity index is 1650. The van der Waals surface area contributed by atoms with Crippen molar-refractivity contribution in [3.63, 3.8) is 0 Å². The first-order chi connectivity index (χ1) is 39.5. The normalized spacial score (nSPS) is 12.9. The average molecular weight is 1110 g/mol. The van der Waals surface area contributed by atoms with Gasteiger partial charge in [-0.25, -0.2) is 0 Å². The summed E-state index contributed by atoms with van der Waals surface area (Å²) >= 11 is 0.